The molecule has 0 spiro atoms. The Labute approximate surface area is 112 Å². The fourth-order valence-electron chi connectivity index (χ4n) is 1.73. The van der Waals surface area contributed by atoms with Crippen molar-refractivity contribution in [1.82, 2.24) is 9.78 Å². The van der Waals surface area contributed by atoms with Gasteiger partial charge in [-0.05, 0) is 12.1 Å². The van der Waals surface area contributed by atoms with E-state index < -0.39 is 6.61 Å². The first-order valence-corrected chi connectivity index (χ1v) is 5.57. The summed E-state index contributed by atoms with van der Waals surface area (Å²) in [5.41, 5.74) is 0.970. The highest BCUT2D eigenvalue weighted by Crippen LogP contribution is 2.34. The van der Waals surface area contributed by atoms with E-state index in [0.29, 0.717) is 11.3 Å². The summed E-state index contributed by atoms with van der Waals surface area (Å²) in [5, 5.41) is 13.3. The number of benzene rings is 1. The molecule has 0 unspecified atom stereocenters. The lowest BCUT2D eigenvalue weighted by Gasteiger charge is -2.11. The first-order valence-electron chi connectivity index (χ1n) is 5.19. The number of ether oxygens (including phenoxy) is 1. The van der Waals surface area contributed by atoms with Gasteiger partial charge in [0.25, 0.3) is 0 Å². The minimum Gasteiger partial charge on any atom is -0.433 e. The number of aryl methyl sites for hydroxylation is 1. The molecule has 2 aromatic rings. The first-order chi connectivity index (χ1) is 9.02. The smallest absolute Gasteiger partial charge is 0.387 e. The Kier molecular flexibility index (Phi) is 3.67. The Morgan fingerprint density at radius 1 is 1.47 bits per heavy atom. The molecule has 19 heavy (non-hydrogen) atoms. The maximum atomic E-state index is 12.3. The fraction of sp³-hybridized carbons (Fsp3) is 0.167. The van der Waals surface area contributed by atoms with Crippen molar-refractivity contribution < 1.29 is 13.5 Å². The summed E-state index contributed by atoms with van der Waals surface area (Å²) in [6.45, 7) is -3.02. The number of hydrogen-bond donors (Lipinski definition) is 0. The molecule has 0 atom stereocenters. The molecule has 0 aliphatic rings. The van der Waals surface area contributed by atoms with E-state index in [1.54, 1.807) is 13.1 Å². The van der Waals surface area contributed by atoms with Crippen LogP contribution in [-0.2, 0) is 7.05 Å². The van der Waals surface area contributed by atoms with Gasteiger partial charge in [0.1, 0.15) is 17.4 Å². The van der Waals surface area contributed by atoms with E-state index in [-0.39, 0.29) is 16.3 Å². The van der Waals surface area contributed by atoms with Crippen molar-refractivity contribution in [2.45, 2.75) is 6.61 Å². The maximum absolute atomic E-state index is 12.3. The molecule has 0 radical (unpaired) electrons. The second-order valence-corrected chi connectivity index (χ2v) is 4.09. The molecule has 0 bridgehead atoms. The molecule has 1 aromatic heterocycles. The van der Waals surface area contributed by atoms with Crippen molar-refractivity contribution in [3.8, 4) is 23.1 Å². The van der Waals surface area contributed by atoms with Crippen LogP contribution in [0.5, 0.6) is 5.75 Å². The van der Waals surface area contributed by atoms with Gasteiger partial charge < -0.3 is 4.74 Å². The van der Waals surface area contributed by atoms with Crippen LogP contribution in [0.15, 0.2) is 24.4 Å². The summed E-state index contributed by atoms with van der Waals surface area (Å²) in [7, 11) is 1.67. The van der Waals surface area contributed by atoms with Gasteiger partial charge in [0, 0.05) is 29.9 Å². The largest absolute Gasteiger partial charge is 0.433 e. The normalized spacial score (nSPS) is 10.5. The number of alkyl halides is 2. The van der Waals surface area contributed by atoms with Gasteiger partial charge in [-0.25, -0.2) is 0 Å². The average Bonchev–Trinajstić information content (AvgIpc) is 2.73. The zero-order chi connectivity index (χ0) is 14.0. The van der Waals surface area contributed by atoms with Crippen LogP contribution in [0.2, 0.25) is 5.02 Å². The highest BCUT2D eigenvalue weighted by atomic mass is 35.5. The number of hydrogen-bond acceptors (Lipinski definition) is 3. The Balaban J connectivity index is 2.65. The van der Waals surface area contributed by atoms with Crippen LogP contribution in [0.25, 0.3) is 11.3 Å². The van der Waals surface area contributed by atoms with E-state index in [2.05, 4.69) is 9.84 Å². The van der Waals surface area contributed by atoms with E-state index in [4.69, 9.17) is 16.9 Å². The van der Waals surface area contributed by atoms with Crippen molar-refractivity contribution >= 4 is 11.6 Å². The standard InChI is InChI=1S/C12H8ClF2N3O/c1-18-10(2-3-17-18)8-4-7(13)5-11(9(8)6-16)19-12(14)15/h2-5,12H,1H3. The van der Waals surface area contributed by atoms with Crippen LogP contribution in [0.3, 0.4) is 0 Å². The molecule has 0 amide bonds. The highest BCUT2D eigenvalue weighted by Gasteiger charge is 2.17. The van der Waals surface area contributed by atoms with E-state index in [1.807, 2.05) is 6.07 Å². The second kappa shape index (κ2) is 5.24. The number of nitrogens with zero attached hydrogens (tertiary/aromatic N) is 3. The second-order valence-electron chi connectivity index (χ2n) is 3.66. The van der Waals surface area contributed by atoms with E-state index in [9.17, 15) is 8.78 Å². The Morgan fingerprint density at radius 2 is 2.21 bits per heavy atom. The lowest BCUT2D eigenvalue weighted by Crippen LogP contribution is -2.05. The lowest BCUT2D eigenvalue weighted by atomic mass is 10.0. The van der Waals surface area contributed by atoms with Gasteiger partial charge in [0.05, 0.1) is 5.69 Å². The lowest BCUT2D eigenvalue weighted by molar-refractivity contribution is -0.0499. The summed E-state index contributed by atoms with van der Waals surface area (Å²) in [6.07, 6.45) is 1.53. The van der Waals surface area contributed by atoms with Crippen LogP contribution >= 0.6 is 11.6 Å². The van der Waals surface area contributed by atoms with Gasteiger partial charge in [-0.2, -0.15) is 19.1 Å². The zero-order valence-corrected chi connectivity index (χ0v) is 10.5. The fourth-order valence-corrected chi connectivity index (χ4v) is 1.93. The maximum Gasteiger partial charge on any atom is 0.387 e. The molecule has 0 fully saturated rings. The highest BCUT2D eigenvalue weighted by molar-refractivity contribution is 6.31. The number of nitriles is 1. The van der Waals surface area contributed by atoms with Crippen molar-refractivity contribution in [3.63, 3.8) is 0 Å². The molecule has 4 nitrogen and oxygen atoms in total. The van der Waals surface area contributed by atoms with Crippen molar-refractivity contribution in [3.05, 3.63) is 35.0 Å². The van der Waals surface area contributed by atoms with Crippen LogP contribution < -0.4 is 4.74 Å². The molecular formula is C12H8ClF2N3O. The van der Waals surface area contributed by atoms with Crippen molar-refractivity contribution in [2.24, 2.45) is 7.05 Å². The topological polar surface area (TPSA) is 50.8 Å². The number of aromatic nitrogens is 2. The van der Waals surface area contributed by atoms with Gasteiger partial charge in [0.2, 0.25) is 0 Å². The minimum absolute atomic E-state index is 0.00620. The molecule has 0 aliphatic carbocycles. The predicted octanol–water partition coefficient (Wildman–Crippen LogP) is 3.21. The molecule has 0 saturated heterocycles. The molecule has 2 rings (SSSR count). The summed E-state index contributed by atoms with van der Waals surface area (Å²) in [6, 6.07) is 6.20. The Morgan fingerprint density at radius 3 is 2.74 bits per heavy atom. The van der Waals surface area contributed by atoms with Gasteiger partial charge in [-0.15, -0.1) is 0 Å². The van der Waals surface area contributed by atoms with Crippen LogP contribution in [-0.4, -0.2) is 16.4 Å². The van der Waals surface area contributed by atoms with Crippen LogP contribution in [0, 0.1) is 11.3 Å². The summed E-state index contributed by atoms with van der Waals surface area (Å²) in [5.74, 6) is -0.249. The van der Waals surface area contributed by atoms with Gasteiger partial charge >= 0.3 is 6.61 Å². The molecular weight excluding hydrogens is 276 g/mol. The third kappa shape index (κ3) is 2.66. The van der Waals surface area contributed by atoms with Crippen molar-refractivity contribution in [1.29, 1.82) is 5.26 Å². The minimum atomic E-state index is -3.02. The monoisotopic (exact) mass is 283 g/mol. The predicted molar refractivity (Wildman–Crippen MR) is 65.0 cm³/mol. The summed E-state index contributed by atoms with van der Waals surface area (Å²) in [4.78, 5) is 0. The van der Waals surface area contributed by atoms with Gasteiger partial charge in [-0.3, -0.25) is 4.68 Å². The van der Waals surface area contributed by atoms with E-state index in [0.717, 1.165) is 0 Å². The molecule has 1 aromatic carbocycles. The summed E-state index contributed by atoms with van der Waals surface area (Å²) >= 11 is 5.87. The number of rotatable bonds is 3. The van der Waals surface area contributed by atoms with Gasteiger partial charge in [0.15, 0.2) is 0 Å². The molecule has 98 valence electrons. The quantitative estimate of drug-likeness (QED) is 0.869. The Hall–Kier alpha value is -2.13. The van der Waals surface area contributed by atoms with E-state index in [1.165, 1.54) is 23.0 Å². The number of halogens is 3. The molecule has 1 heterocycles. The van der Waals surface area contributed by atoms with E-state index >= 15 is 0 Å². The summed E-state index contributed by atoms with van der Waals surface area (Å²) < 4.78 is 30.5. The molecule has 7 heteroatoms. The van der Waals surface area contributed by atoms with Gasteiger partial charge in [-0.1, -0.05) is 11.6 Å². The molecule has 0 aliphatic heterocycles. The third-order valence-electron chi connectivity index (χ3n) is 2.49. The first kappa shape index (κ1) is 13.3. The van der Waals surface area contributed by atoms with Crippen LogP contribution in [0.4, 0.5) is 8.78 Å². The Bertz CT molecular complexity index is 649. The average molecular weight is 284 g/mol. The molecule has 0 N–H and O–H groups in total. The SMILES string of the molecule is Cn1nccc1-c1cc(Cl)cc(OC(F)F)c1C#N. The van der Waals surface area contributed by atoms with Crippen molar-refractivity contribution in [2.75, 3.05) is 0 Å². The zero-order valence-electron chi connectivity index (χ0n) is 9.77. The third-order valence-corrected chi connectivity index (χ3v) is 2.71. The van der Waals surface area contributed by atoms with Crippen LogP contribution in [0.1, 0.15) is 5.56 Å². The molecule has 0 saturated carbocycles.